The average Bonchev–Trinajstić information content (AvgIpc) is 2.76. The second-order valence-corrected chi connectivity index (χ2v) is 8.70. The van der Waals surface area contributed by atoms with Crippen LogP contribution in [0.5, 0.6) is 5.75 Å². The third-order valence-corrected chi connectivity index (χ3v) is 6.18. The van der Waals surface area contributed by atoms with Crippen molar-refractivity contribution < 1.29 is 17.9 Å². The lowest BCUT2D eigenvalue weighted by Gasteiger charge is -2.10. The summed E-state index contributed by atoms with van der Waals surface area (Å²) in [7, 11) is -3.73. The molecule has 0 unspecified atom stereocenters. The van der Waals surface area contributed by atoms with E-state index in [-0.39, 0.29) is 10.8 Å². The Bertz CT molecular complexity index is 1130. The minimum atomic E-state index is -3.73. The molecule has 3 aromatic rings. The minimum absolute atomic E-state index is 0.133. The third kappa shape index (κ3) is 6.08. The predicted octanol–water partition coefficient (Wildman–Crippen LogP) is 4.17. The predicted molar refractivity (Wildman–Crippen MR) is 122 cm³/mol. The topological polar surface area (TPSA) is 84.5 Å². The van der Waals surface area contributed by atoms with E-state index < -0.39 is 10.0 Å². The number of carbonyl (C=O) groups is 1. The summed E-state index contributed by atoms with van der Waals surface area (Å²) in [4.78, 5) is 12.5. The zero-order valence-corrected chi connectivity index (χ0v) is 18.4. The minimum Gasteiger partial charge on any atom is -0.494 e. The quantitative estimate of drug-likeness (QED) is 0.525. The molecule has 0 aliphatic rings. The van der Waals surface area contributed by atoms with Crippen LogP contribution in [0.15, 0.2) is 77.7 Å². The van der Waals surface area contributed by atoms with E-state index in [2.05, 4.69) is 10.0 Å². The first kappa shape index (κ1) is 22.4. The fourth-order valence-electron chi connectivity index (χ4n) is 3.09. The Kier molecular flexibility index (Phi) is 7.31. The lowest BCUT2D eigenvalue weighted by molar-refractivity contribution is 0.0954. The number of anilines is 1. The number of rotatable bonds is 9. The standard InChI is InChI=1S/C24H26N2O4S/c1-3-30-22-12-14-23(15-13-22)31(28,29)26-21-10-8-20(9-11-21)24(27)25-17-16-19-7-5-4-6-18(19)2/h4-15,26H,3,16-17H2,1-2H3,(H,25,27). The highest BCUT2D eigenvalue weighted by Gasteiger charge is 2.15. The lowest BCUT2D eigenvalue weighted by atomic mass is 10.1. The van der Waals surface area contributed by atoms with Crippen LogP contribution in [-0.2, 0) is 16.4 Å². The summed E-state index contributed by atoms with van der Waals surface area (Å²) in [6.07, 6.45) is 0.748. The number of sulfonamides is 1. The van der Waals surface area contributed by atoms with E-state index in [9.17, 15) is 13.2 Å². The van der Waals surface area contributed by atoms with Gasteiger partial charge in [-0.15, -0.1) is 0 Å². The molecule has 3 rings (SSSR count). The van der Waals surface area contributed by atoms with Gasteiger partial charge in [0.2, 0.25) is 0 Å². The molecule has 2 N–H and O–H groups in total. The van der Waals surface area contributed by atoms with Crippen molar-refractivity contribution in [3.05, 3.63) is 89.5 Å². The van der Waals surface area contributed by atoms with Crippen LogP contribution in [0.4, 0.5) is 5.69 Å². The summed E-state index contributed by atoms with van der Waals surface area (Å²) in [5.41, 5.74) is 3.24. The molecule has 0 atom stereocenters. The number of benzene rings is 3. The molecule has 7 heteroatoms. The summed E-state index contributed by atoms with van der Waals surface area (Å²) < 4.78 is 33.0. The van der Waals surface area contributed by atoms with Crippen LogP contribution in [0.1, 0.15) is 28.4 Å². The van der Waals surface area contributed by atoms with Gasteiger partial charge >= 0.3 is 0 Å². The fraction of sp³-hybridized carbons (Fsp3) is 0.208. The number of hydrogen-bond acceptors (Lipinski definition) is 4. The molecule has 0 aliphatic heterocycles. The van der Waals surface area contributed by atoms with Crippen molar-refractivity contribution in [2.45, 2.75) is 25.2 Å². The summed E-state index contributed by atoms with van der Waals surface area (Å²) in [6.45, 7) is 4.94. The molecule has 0 fully saturated rings. The van der Waals surface area contributed by atoms with E-state index in [1.165, 1.54) is 23.3 Å². The summed E-state index contributed by atoms with van der Waals surface area (Å²) in [6, 6.07) is 20.6. The maximum absolute atomic E-state index is 12.6. The van der Waals surface area contributed by atoms with Crippen molar-refractivity contribution in [1.82, 2.24) is 5.32 Å². The second kappa shape index (κ2) is 10.1. The molecule has 0 heterocycles. The number of hydrogen-bond donors (Lipinski definition) is 2. The molecule has 0 spiro atoms. The van der Waals surface area contributed by atoms with Gasteiger partial charge in [-0.1, -0.05) is 24.3 Å². The van der Waals surface area contributed by atoms with Crippen molar-refractivity contribution >= 4 is 21.6 Å². The highest BCUT2D eigenvalue weighted by Crippen LogP contribution is 2.20. The fourth-order valence-corrected chi connectivity index (χ4v) is 4.15. The Labute approximate surface area is 183 Å². The monoisotopic (exact) mass is 438 g/mol. The summed E-state index contributed by atoms with van der Waals surface area (Å²) in [5.74, 6) is 0.411. The molecule has 3 aromatic carbocycles. The molecule has 0 saturated carbocycles. The Morgan fingerprint density at radius 1 is 0.935 bits per heavy atom. The maximum atomic E-state index is 12.6. The molecule has 162 valence electrons. The van der Waals surface area contributed by atoms with Crippen LogP contribution in [-0.4, -0.2) is 27.5 Å². The van der Waals surface area contributed by atoms with E-state index in [0.29, 0.717) is 30.2 Å². The van der Waals surface area contributed by atoms with Crippen LogP contribution in [0.3, 0.4) is 0 Å². The Morgan fingerprint density at radius 2 is 1.61 bits per heavy atom. The summed E-state index contributed by atoms with van der Waals surface area (Å²) >= 11 is 0. The maximum Gasteiger partial charge on any atom is 0.261 e. The molecule has 1 amide bonds. The van der Waals surface area contributed by atoms with Crippen LogP contribution in [0.25, 0.3) is 0 Å². The van der Waals surface area contributed by atoms with Gasteiger partial charge in [0, 0.05) is 17.8 Å². The Balaban J connectivity index is 1.57. The third-order valence-electron chi connectivity index (χ3n) is 4.79. The molecular formula is C24H26N2O4S. The average molecular weight is 439 g/mol. The molecular weight excluding hydrogens is 412 g/mol. The first-order valence-corrected chi connectivity index (χ1v) is 11.6. The second-order valence-electron chi connectivity index (χ2n) is 7.02. The smallest absolute Gasteiger partial charge is 0.261 e. The van der Waals surface area contributed by atoms with Gasteiger partial charge in [-0.25, -0.2) is 8.42 Å². The molecule has 0 aliphatic carbocycles. The molecule has 0 saturated heterocycles. The number of amides is 1. The van der Waals surface area contributed by atoms with Crippen LogP contribution < -0.4 is 14.8 Å². The van der Waals surface area contributed by atoms with Crippen LogP contribution in [0, 0.1) is 6.92 Å². The van der Waals surface area contributed by atoms with Crippen molar-refractivity contribution in [2.24, 2.45) is 0 Å². The van der Waals surface area contributed by atoms with Gasteiger partial charge < -0.3 is 10.1 Å². The van der Waals surface area contributed by atoms with E-state index >= 15 is 0 Å². The lowest BCUT2D eigenvalue weighted by Crippen LogP contribution is -2.25. The van der Waals surface area contributed by atoms with Crippen LogP contribution in [0.2, 0.25) is 0 Å². The molecule has 0 radical (unpaired) electrons. The van der Waals surface area contributed by atoms with E-state index in [4.69, 9.17) is 4.74 Å². The van der Waals surface area contributed by atoms with E-state index in [1.807, 2.05) is 38.1 Å². The van der Waals surface area contributed by atoms with Gasteiger partial charge in [-0.05, 0) is 79.9 Å². The first-order valence-electron chi connectivity index (χ1n) is 10.1. The van der Waals surface area contributed by atoms with Crippen molar-refractivity contribution in [3.63, 3.8) is 0 Å². The highest BCUT2D eigenvalue weighted by atomic mass is 32.2. The Morgan fingerprint density at radius 3 is 2.26 bits per heavy atom. The Hall–Kier alpha value is -3.32. The highest BCUT2D eigenvalue weighted by molar-refractivity contribution is 7.92. The first-order chi connectivity index (χ1) is 14.9. The van der Waals surface area contributed by atoms with Gasteiger partial charge in [0.05, 0.1) is 11.5 Å². The van der Waals surface area contributed by atoms with E-state index in [1.54, 1.807) is 36.4 Å². The number of aryl methyl sites for hydroxylation is 1. The van der Waals surface area contributed by atoms with Gasteiger partial charge in [0.15, 0.2) is 0 Å². The van der Waals surface area contributed by atoms with Crippen LogP contribution >= 0.6 is 0 Å². The number of ether oxygens (including phenoxy) is 1. The van der Waals surface area contributed by atoms with Crippen molar-refractivity contribution in [1.29, 1.82) is 0 Å². The zero-order chi connectivity index (χ0) is 22.3. The van der Waals surface area contributed by atoms with Crippen molar-refractivity contribution in [2.75, 3.05) is 17.9 Å². The summed E-state index contributed by atoms with van der Waals surface area (Å²) in [5, 5.41) is 2.89. The normalized spacial score (nSPS) is 11.0. The molecule has 6 nitrogen and oxygen atoms in total. The van der Waals surface area contributed by atoms with Gasteiger partial charge in [0.1, 0.15) is 5.75 Å². The SMILES string of the molecule is CCOc1ccc(S(=O)(=O)Nc2ccc(C(=O)NCCc3ccccc3C)cc2)cc1. The van der Waals surface area contributed by atoms with Gasteiger partial charge in [-0.3, -0.25) is 9.52 Å². The molecule has 31 heavy (non-hydrogen) atoms. The van der Waals surface area contributed by atoms with Gasteiger partial charge in [-0.2, -0.15) is 0 Å². The van der Waals surface area contributed by atoms with Gasteiger partial charge in [0.25, 0.3) is 15.9 Å². The number of nitrogens with one attached hydrogen (secondary N) is 2. The van der Waals surface area contributed by atoms with E-state index in [0.717, 1.165) is 6.42 Å². The largest absolute Gasteiger partial charge is 0.494 e. The molecule has 0 bridgehead atoms. The molecule has 0 aromatic heterocycles. The number of carbonyl (C=O) groups excluding carboxylic acids is 1. The zero-order valence-electron chi connectivity index (χ0n) is 17.6. The van der Waals surface area contributed by atoms with Crippen molar-refractivity contribution in [3.8, 4) is 5.75 Å².